The number of Topliss-reactive ketones (excluding diaryl/α,β-unsaturated/α-hetero) is 1. The van der Waals surface area contributed by atoms with Gasteiger partial charge in [-0.05, 0) is 20.3 Å². The molecule has 0 unspecified atom stereocenters. The second kappa shape index (κ2) is 5.89. The molecule has 0 saturated carbocycles. The minimum Gasteiger partial charge on any atom is -0.443 e. The lowest BCUT2D eigenvalue weighted by atomic mass is 10.1. The van der Waals surface area contributed by atoms with Crippen molar-refractivity contribution in [2.45, 2.75) is 33.6 Å². The van der Waals surface area contributed by atoms with Crippen molar-refractivity contribution in [1.29, 1.82) is 5.26 Å². The van der Waals surface area contributed by atoms with E-state index in [9.17, 15) is 13.2 Å². The molecule has 104 valence electrons. The summed E-state index contributed by atoms with van der Waals surface area (Å²) in [5, 5.41) is 9.04. The number of sulfonamides is 1. The van der Waals surface area contributed by atoms with Crippen molar-refractivity contribution in [3.63, 3.8) is 0 Å². The Labute approximate surface area is 112 Å². The topological polar surface area (TPSA) is 100 Å². The van der Waals surface area contributed by atoms with Gasteiger partial charge in [-0.3, -0.25) is 9.52 Å². The number of hydrogen-bond acceptors (Lipinski definition) is 5. The van der Waals surface area contributed by atoms with Gasteiger partial charge >= 0.3 is 0 Å². The van der Waals surface area contributed by atoms with Crippen LogP contribution in [0, 0.1) is 18.3 Å². The standard InChI is InChI=1S/C12H16N2O4S/c1-4-5-6-19(16,17)14-12-10(7-13)11(8(2)15)9(3)18-12/h14H,4-6H2,1-3H3. The molecular formula is C12H16N2O4S. The van der Waals surface area contributed by atoms with Crippen LogP contribution in [-0.2, 0) is 10.0 Å². The lowest BCUT2D eigenvalue weighted by molar-refractivity contribution is 0.101. The predicted molar refractivity (Wildman–Crippen MR) is 70.5 cm³/mol. The summed E-state index contributed by atoms with van der Waals surface area (Å²) in [6.45, 7) is 4.69. The van der Waals surface area contributed by atoms with Gasteiger partial charge in [0.05, 0.1) is 11.3 Å². The largest absolute Gasteiger partial charge is 0.443 e. The van der Waals surface area contributed by atoms with Crippen LogP contribution in [0.5, 0.6) is 0 Å². The molecule has 0 bridgehead atoms. The van der Waals surface area contributed by atoms with E-state index in [0.717, 1.165) is 6.42 Å². The van der Waals surface area contributed by atoms with E-state index < -0.39 is 10.0 Å². The average Bonchev–Trinajstić information content (AvgIpc) is 2.61. The molecule has 1 aromatic heterocycles. The van der Waals surface area contributed by atoms with E-state index in [1.54, 1.807) is 6.07 Å². The minimum atomic E-state index is -3.56. The van der Waals surface area contributed by atoms with Crippen LogP contribution >= 0.6 is 0 Å². The van der Waals surface area contributed by atoms with E-state index in [-0.39, 0.29) is 34.3 Å². The Bertz CT molecular complexity index is 623. The molecule has 0 radical (unpaired) electrons. The zero-order chi connectivity index (χ0) is 14.6. The summed E-state index contributed by atoms with van der Waals surface area (Å²) in [4.78, 5) is 11.4. The third-order valence-electron chi connectivity index (χ3n) is 2.56. The first-order valence-corrected chi connectivity index (χ1v) is 7.52. The maximum Gasteiger partial charge on any atom is 0.235 e. The zero-order valence-corrected chi connectivity index (χ0v) is 11.9. The van der Waals surface area contributed by atoms with Crippen LogP contribution in [0.3, 0.4) is 0 Å². The summed E-state index contributed by atoms with van der Waals surface area (Å²) in [5.74, 6) is -0.334. The molecule has 0 amide bonds. The molecule has 0 aliphatic rings. The lowest BCUT2D eigenvalue weighted by Gasteiger charge is -2.04. The number of anilines is 1. The fourth-order valence-electron chi connectivity index (χ4n) is 1.67. The summed E-state index contributed by atoms with van der Waals surface area (Å²) in [6.07, 6.45) is 1.25. The normalized spacial score (nSPS) is 11.1. The quantitative estimate of drug-likeness (QED) is 0.807. The summed E-state index contributed by atoms with van der Waals surface area (Å²) in [7, 11) is -3.56. The Morgan fingerprint density at radius 1 is 1.47 bits per heavy atom. The van der Waals surface area contributed by atoms with Crippen LogP contribution < -0.4 is 4.72 Å². The van der Waals surface area contributed by atoms with E-state index >= 15 is 0 Å². The monoisotopic (exact) mass is 284 g/mol. The van der Waals surface area contributed by atoms with Gasteiger partial charge in [0.2, 0.25) is 15.9 Å². The Hall–Kier alpha value is -1.81. The van der Waals surface area contributed by atoms with Crippen LogP contribution in [0.1, 0.15) is 48.4 Å². The molecule has 1 N–H and O–H groups in total. The highest BCUT2D eigenvalue weighted by atomic mass is 32.2. The number of aryl methyl sites for hydroxylation is 1. The Balaban J connectivity index is 3.14. The Kier molecular flexibility index (Phi) is 4.72. The highest BCUT2D eigenvalue weighted by Gasteiger charge is 2.23. The number of nitriles is 1. The third kappa shape index (κ3) is 3.58. The molecule has 0 aromatic carbocycles. The Morgan fingerprint density at radius 2 is 2.11 bits per heavy atom. The van der Waals surface area contributed by atoms with E-state index in [1.807, 2.05) is 6.92 Å². The number of rotatable bonds is 6. The molecule has 0 aliphatic heterocycles. The van der Waals surface area contributed by atoms with Crippen molar-refractivity contribution in [2.24, 2.45) is 0 Å². The smallest absolute Gasteiger partial charge is 0.235 e. The number of unbranched alkanes of at least 4 members (excludes halogenated alkanes) is 1. The molecule has 19 heavy (non-hydrogen) atoms. The maximum atomic E-state index is 11.8. The summed E-state index contributed by atoms with van der Waals surface area (Å²) >= 11 is 0. The molecule has 1 rings (SSSR count). The minimum absolute atomic E-state index is 0.0521. The van der Waals surface area contributed by atoms with Gasteiger partial charge in [0, 0.05) is 0 Å². The second-order valence-electron chi connectivity index (χ2n) is 4.18. The van der Waals surface area contributed by atoms with Gasteiger partial charge in [-0.15, -0.1) is 0 Å². The van der Waals surface area contributed by atoms with Crippen molar-refractivity contribution in [3.8, 4) is 6.07 Å². The van der Waals surface area contributed by atoms with Gasteiger partial charge in [0.25, 0.3) is 0 Å². The van der Waals surface area contributed by atoms with Crippen LogP contribution in [0.15, 0.2) is 4.42 Å². The van der Waals surface area contributed by atoms with Crippen LogP contribution in [0.4, 0.5) is 5.88 Å². The van der Waals surface area contributed by atoms with Crippen LogP contribution in [0.2, 0.25) is 0 Å². The molecular weight excluding hydrogens is 268 g/mol. The van der Waals surface area contributed by atoms with Gasteiger partial charge < -0.3 is 4.42 Å². The molecule has 0 saturated heterocycles. The van der Waals surface area contributed by atoms with Gasteiger partial charge in [-0.2, -0.15) is 5.26 Å². The fraction of sp³-hybridized carbons (Fsp3) is 0.500. The lowest BCUT2D eigenvalue weighted by Crippen LogP contribution is -2.16. The highest BCUT2D eigenvalue weighted by Crippen LogP contribution is 2.27. The molecule has 6 nitrogen and oxygen atoms in total. The molecule has 0 aliphatic carbocycles. The first kappa shape index (κ1) is 15.2. The second-order valence-corrected chi connectivity index (χ2v) is 6.02. The molecule has 0 spiro atoms. The van der Waals surface area contributed by atoms with Crippen molar-refractivity contribution in [2.75, 3.05) is 10.5 Å². The fourth-order valence-corrected chi connectivity index (χ4v) is 2.87. The van der Waals surface area contributed by atoms with E-state index in [2.05, 4.69) is 4.72 Å². The molecule has 0 fully saturated rings. The number of carbonyl (C=O) groups excluding carboxylic acids is 1. The number of ketones is 1. The highest BCUT2D eigenvalue weighted by molar-refractivity contribution is 7.92. The van der Waals surface area contributed by atoms with Crippen LogP contribution in [0.25, 0.3) is 0 Å². The van der Waals surface area contributed by atoms with Crippen molar-refractivity contribution < 1.29 is 17.6 Å². The number of nitrogens with zero attached hydrogens (tertiary/aromatic N) is 1. The van der Waals surface area contributed by atoms with Crippen LogP contribution in [-0.4, -0.2) is 20.0 Å². The number of nitrogens with one attached hydrogen (secondary N) is 1. The van der Waals surface area contributed by atoms with Crippen molar-refractivity contribution >= 4 is 21.7 Å². The number of furan rings is 1. The molecule has 0 atom stereocenters. The third-order valence-corrected chi connectivity index (χ3v) is 3.89. The Morgan fingerprint density at radius 3 is 2.58 bits per heavy atom. The van der Waals surface area contributed by atoms with E-state index in [4.69, 9.17) is 9.68 Å². The summed E-state index contributed by atoms with van der Waals surface area (Å²) < 4.78 is 30.9. The first-order valence-electron chi connectivity index (χ1n) is 5.87. The first-order chi connectivity index (χ1) is 8.82. The predicted octanol–water partition coefficient (Wildman–Crippen LogP) is 2.20. The van der Waals surface area contributed by atoms with Crippen molar-refractivity contribution in [3.05, 3.63) is 16.9 Å². The van der Waals surface area contributed by atoms with Gasteiger partial charge in [-0.25, -0.2) is 8.42 Å². The number of carbonyl (C=O) groups is 1. The van der Waals surface area contributed by atoms with E-state index in [1.165, 1.54) is 13.8 Å². The average molecular weight is 284 g/mol. The van der Waals surface area contributed by atoms with Gasteiger partial charge in [0.1, 0.15) is 17.4 Å². The van der Waals surface area contributed by atoms with Gasteiger partial charge in [0.15, 0.2) is 5.78 Å². The van der Waals surface area contributed by atoms with E-state index in [0.29, 0.717) is 6.42 Å². The summed E-state index contributed by atoms with van der Waals surface area (Å²) in [6, 6.07) is 1.80. The van der Waals surface area contributed by atoms with Gasteiger partial charge in [-0.1, -0.05) is 13.3 Å². The molecule has 1 aromatic rings. The van der Waals surface area contributed by atoms with Crippen molar-refractivity contribution in [1.82, 2.24) is 0 Å². The molecule has 7 heteroatoms. The maximum absolute atomic E-state index is 11.8. The summed E-state index contributed by atoms with van der Waals surface area (Å²) in [5.41, 5.74) is 0.0563. The number of hydrogen-bond donors (Lipinski definition) is 1. The zero-order valence-electron chi connectivity index (χ0n) is 11.1. The SMILES string of the molecule is CCCCS(=O)(=O)Nc1oc(C)c(C(C)=O)c1C#N. The molecule has 1 heterocycles.